The van der Waals surface area contributed by atoms with E-state index in [-0.39, 0.29) is 18.9 Å². The van der Waals surface area contributed by atoms with Crippen LogP contribution in [-0.4, -0.2) is 43.6 Å². The molecule has 174 valence electrons. The quantitative estimate of drug-likeness (QED) is 0.180. The lowest BCUT2D eigenvalue weighted by Gasteiger charge is -2.11. The number of hydrogen-bond donors (Lipinski definition) is 5. The molecular weight excluding hydrogens is 454 g/mol. The van der Waals surface area contributed by atoms with Crippen molar-refractivity contribution in [3.05, 3.63) is 63.5 Å². The molecule has 0 fully saturated rings. The van der Waals surface area contributed by atoms with Crippen molar-refractivity contribution in [2.75, 3.05) is 5.73 Å². The predicted octanol–water partition coefficient (Wildman–Crippen LogP) is 1.41. The zero-order valence-corrected chi connectivity index (χ0v) is 19.1. The molecule has 0 bridgehead atoms. The number of rotatable bonds is 9. The van der Waals surface area contributed by atoms with E-state index in [1.54, 1.807) is 46.8 Å². The number of anilines is 1. The molecule has 0 unspecified atom stereocenters. The molecule has 0 atom stereocenters. The Morgan fingerprint density at radius 2 is 1.97 bits per heavy atom. The first kappa shape index (κ1) is 22.9. The van der Waals surface area contributed by atoms with Gasteiger partial charge in [-0.3, -0.25) is 14.3 Å². The van der Waals surface area contributed by atoms with Gasteiger partial charge in [0.2, 0.25) is 5.91 Å². The summed E-state index contributed by atoms with van der Waals surface area (Å²) < 4.78 is 4.07. The largest absolute Gasteiger partial charge is 0.398 e. The van der Waals surface area contributed by atoms with Crippen molar-refractivity contribution in [2.45, 2.75) is 19.5 Å². The van der Waals surface area contributed by atoms with Gasteiger partial charge in [0.05, 0.1) is 23.4 Å². The standard InChI is InChI=1S/C22H23N9O2S/c1-30-19(22(33)27-10-12-3-2-4-16(25)14(12)8-23)15(9-24)20-21(30)28-18(34-20)11-31-6-5-13(29-31)7-17(26)32/h2-6,8-9,23-24H,7,10-11,25H2,1H3,(H2,26,32)(H,27,33). The Kier molecular flexibility index (Phi) is 6.23. The zero-order valence-electron chi connectivity index (χ0n) is 18.3. The van der Waals surface area contributed by atoms with Crippen molar-refractivity contribution in [2.24, 2.45) is 12.8 Å². The number of thiazole rings is 1. The summed E-state index contributed by atoms with van der Waals surface area (Å²) in [7, 11) is 1.73. The molecule has 0 aliphatic carbocycles. The van der Waals surface area contributed by atoms with Crippen molar-refractivity contribution in [1.29, 1.82) is 10.8 Å². The highest BCUT2D eigenvalue weighted by molar-refractivity contribution is 7.19. The van der Waals surface area contributed by atoms with Gasteiger partial charge in [-0.25, -0.2) is 4.98 Å². The molecule has 3 aromatic heterocycles. The van der Waals surface area contributed by atoms with Gasteiger partial charge in [-0.05, 0) is 17.7 Å². The van der Waals surface area contributed by atoms with Crippen LogP contribution in [0.4, 0.5) is 5.69 Å². The number of primary amides is 1. The number of hydrogen-bond acceptors (Lipinski definition) is 8. The van der Waals surface area contributed by atoms with Crippen LogP contribution in [0, 0.1) is 10.8 Å². The lowest BCUT2D eigenvalue weighted by molar-refractivity contribution is -0.117. The molecule has 0 saturated heterocycles. The molecular formula is C22H23N9O2S. The predicted molar refractivity (Wildman–Crippen MR) is 131 cm³/mol. The van der Waals surface area contributed by atoms with E-state index in [1.165, 1.54) is 17.6 Å². The van der Waals surface area contributed by atoms with E-state index < -0.39 is 5.91 Å². The molecule has 0 radical (unpaired) electrons. The van der Waals surface area contributed by atoms with Crippen LogP contribution in [0.2, 0.25) is 0 Å². The Morgan fingerprint density at radius 1 is 1.21 bits per heavy atom. The number of fused-ring (bicyclic) bond motifs is 1. The van der Waals surface area contributed by atoms with Crippen LogP contribution >= 0.6 is 11.3 Å². The maximum Gasteiger partial charge on any atom is 0.268 e. The average molecular weight is 478 g/mol. The molecule has 0 saturated carbocycles. The minimum absolute atomic E-state index is 0.0696. The first-order valence-corrected chi connectivity index (χ1v) is 11.1. The number of benzene rings is 1. The monoisotopic (exact) mass is 477 g/mol. The second-order valence-electron chi connectivity index (χ2n) is 7.62. The highest BCUT2D eigenvalue weighted by Gasteiger charge is 2.23. The average Bonchev–Trinajstić information content (AvgIpc) is 3.47. The molecule has 2 amide bonds. The van der Waals surface area contributed by atoms with E-state index in [0.29, 0.717) is 40.4 Å². The molecule has 4 rings (SSSR count). The Labute approximate surface area is 198 Å². The summed E-state index contributed by atoms with van der Waals surface area (Å²) in [4.78, 5) is 28.8. The van der Waals surface area contributed by atoms with E-state index in [1.807, 2.05) is 0 Å². The second-order valence-corrected chi connectivity index (χ2v) is 8.70. The van der Waals surface area contributed by atoms with Gasteiger partial charge in [0.1, 0.15) is 10.7 Å². The molecule has 11 nitrogen and oxygen atoms in total. The van der Waals surface area contributed by atoms with Gasteiger partial charge in [0, 0.05) is 49.0 Å². The van der Waals surface area contributed by atoms with Gasteiger partial charge in [0.15, 0.2) is 5.65 Å². The summed E-state index contributed by atoms with van der Waals surface area (Å²) in [6, 6.07) is 7.01. The molecule has 0 aliphatic rings. The molecule has 3 heterocycles. The van der Waals surface area contributed by atoms with Gasteiger partial charge in [-0.15, -0.1) is 11.3 Å². The van der Waals surface area contributed by atoms with Crippen LogP contribution in [-0.2, 0) is 31.4 Å². The van der Waals surface area contributed by atoms with Crippen LogP contribution in [0.1, 0.15) is 37.9 Å². The number of nitrogens with zero attached hydrogens (tertiary/aromatic N) is 4. The summed E-state index contributed by atoms with van der Waals surface area (Å²) in [6.45, 7) is 0.579. The van der Waals surface area contributed by atoms with E-state index >= 15 is 0 Å². The summed E-state index contributed by atoms with van der Waals surface area (Å²) in [5.41, 5.74) is 14.9. The number of nitrogens with one attached hydrogen (secondary N) is 3. The minimum Gasteiger partial charge on any atom is -0.398 e. The maximum atomic E-state index is 13.0. The second kappa shape index (κ2) is 9.27. The van der Waals surface area contributed by atoms with Crippen molar-refractivity contribution in [1.82, 2.24) is 24.6 Å². The van der Waals surface area contributed by atoms with E-state index in [0.717, 1.165) is 21.5 Å². The lowest BCUT2D eigenvalue weighted by atomic mass is 10.1. The Balaban J connectivity index is 1.57. The van der Waals surface area contributed by atoms with Crippen LogP contribution in [0.3, 0.4) is 0 Å². The molecule has 7 N–H and O–H groups in total. The van der Waals surface area contributed by atoms with E-state index in [9.17, 15) is 9.59 Å². The number of carbonyl (C=O) groups is 2. The Morgan fingerprint density at radius 3 is 2.68 bits per heavy atom. The molecule has 0 spiro atoms. The fourth-order valence-corrected chi connectivity index (χ4v) is 4.86. The maximum absolute atomic E-state index is 13.0. The smallest absolute Gasteiger partial charge is 0.268 e. The number of nitrogen functional groups attached to an aromatic ring is 1. The Hall–Kier alpha value is -4.32. The van der Waals surface area contributed by atoms with Crippen molar-refractivity contribution >= 4 is 51.6 Å². The first-order chi connectivity index (χ1) is 16.3. The van der Waals surface area contributed by atoms with Gasteiger partial charge in [-0.2, -0.15) is 5.10 Å². The molecule has 4 aromatic rings. The van der Waals surface area contributed by atoms with E-state index in [2.05, 4.69) is 15.4 Å². The van der Waals surface area contributed by atoms with Crippen molar-refractivity contribution in [3.8, 4) is 0 Å². The van der Waals surface area contributed by atoms with Crippen LogP contribution in [0.25, 0.3) is 10.3 Å². The van der Waals surface area contributed by atoms with Crippen LogP contribution in [0.5, 0.6) is 0 Å². The summed E-state index contributed by atoms with van der Waals surface area (Å²) in [6.07, 6.45) is 4.14. The fraction of sp³-hybridized carbons (Fsp3) is 0.182. The van der Waals surface area contributed by atoms with Gasteiger partial charge in [-0.1, -0.05) is 12.1 Å². The minimum atomic E-state index is -0.448. The molecule has 1 aromatic carbocycles. The zero-order chi connectivity index (χ0) is 24.4. The molecule has 34 heavy (non-hydrogen) atoms. The normalized spacial score (nSPS) is 11.0. The SMILES string of the molecule is Cn1c(C(=O)NCc2cccc(N)c2C=N)c(C=N)c2sc(Cn3ccc(CC(N)=O)n3)nc21. The van der Waals surface area contributed by atoms with Crippen molar-refractivity contribution in [3.63, 3.8) is 0 Å². The number of carbonyl (C=O) groups excluding carboxylic acids is 2. The van der Waals surface area contributed by atoms with Gasteiger partial charge in [0.25, 0.3) is 5.91 Å². The third kappa shape index (κ3) is 4.30. The number of aromatic nitrogens is 4. The topological polar surface area (TPSA) is 182 Å². The first-order valence-electron chi connectivity index (χ1n) is 10.3. The number of nitrogens with two attached hydrogens (primary N) is 2. The highest BCUT2D eigenvalue weighted by Crippen LogP contribution is 2.30. The fourth-order valence-electron chi connectivity index (χ4n) is 3.75. The molecule has 12 heteroatoms. The van der Waals surface area contributed by atoms with Crippen molar-refractivity contribution < 1.29 is 9.59 Å². The summed E-state index contributed by atoms with van der Waals surface area (Å²) in [5.74, 6) is -0.800. The Bertz CT molecular complexity index is 1430. The lowest BCUT2D eigenvalue weighted by Crippen LogP contribution is -2.26. The number of amides is 2. The van der Waals surface area contributed by atoms with Gasteiger partial charge < -0.3 is 32.2 Å². The number of aryl methyl sites for hydroxylation is 1. The van der Waals surface area contributed by atoms with Gasteiger partial charge >= 0.3 is 0 Å². The highest BCUT2D eigenvalue weighted by atomic mass is 32.1. The molecule has 0 aliphatic heterocycles. The third-order valence-electron chi connectivity index (χ3n) is 5.33. The van der Waals surface area contributed by atoms with E-state index in [4.69, 9.17) is 22.3 Å². The third-order valence-corrected chi connectivity index (χ3v) is 6.39. The van der Waals surface area contributed by atoms with Crippen LogP contribution in [0.15, 0.2) is 30.5 Å². The summed E-state index contributed by atoms with van der Waals surface area (Å²) >= 11 is 1.38. The summed E-state index contributed by atoms with van der Waals surface area (Å²) in [5, 5.41) is 23.4. The van der Waals surface area contributed by atoms with Crippen LogP contribution < -0.4 is 16.8 Å².